The van der Waals surface area contributed by atoms with Crippen molar-refractivity contribution in [2.75, 3.05) is 12.4 Å². The number of benzene rings is 2. The second-order valence-electron chi connectivity index (χ2n) is 5.73. The van der Waals surface area contributed by atoms with Crippen LogP contribution in [0, 0.1) is 12.7 Å². The molecule has 0 amide bonds. The van der Waals surface area contributed by atoms with E-state index in [2.05, 4.69) is 10.3 Å². The summed E-state index contributed by atoms with van der Waals surface area (Å²) in [5.74, 6) is 0.0869. The molecule has 0 radical (unpaired) electrons. The van der Waals surface area contributed by atoms with Crippen molar-refractivity contribution in [3.63, 3.8) is 0 Å². The van der Waals surface area contributed by atoms with Crippen molar-refractivity contribution >= 4 is 23.2 Å². The topological polar surface area (TPSA) is 56.1 Å². The summed E-state index contributed by atoms with van der Waals surface area (Å²) in [4.78, 5) is 16.2. The number of anilines is 2. The summed E-state index contributed by atoms with van der Waals surface area (Å²) >= 11 is 6.16. The minimum atomic E-state index is -0.495. The van der Waals surface area contributed by atoms with Crippen molar-refractivity contribution in [2.45, 2.75) is 13.5 Å². The van der Waals surface area contributed by atoms with Crippen LogP contribution in [0.2, 0.25) is 5.02 Å². The molecule has 0 aliphatic rings. The lowest BCUT2D eigenvalue weighted by Gasteiger charge is -2.16. The first-order valence-corrected chi connectivity index (χ1v) is 8.28. The quantitative estimate of drug-likeness (QED) is 0.730. The normalized spacial score (nSPS) is 10.6. The van der Waals surface area contributed by atoms with Crippen molar-refractivity contribution in [3.8, 4) is 5.75 Å². The Labute approximate surface area is 155 Å². The summed E-state index contributed by atoms with van der Waals surface area (Å²) in [6.07, 6.45) is 1.54. The van der Waals surface area contributed by atoms with Crippen LogP contribution in [0.5, 0.6) is 5.75 Å². The number of ether oxygens (including phenoxy) is 1. The fraction of sp³-hybridized carbons (Fsp3) is 0.158. The molecule has 0 bridgehead atoms. The molecule has 3 aromatic rings. The molecule has 0 saturated heterocycles. The van der Waals surface area contributed by atoms with Crippen molar-refractivity contribution < 1.29 is 9.13 Å². The lowest BCUT2D eigenvalue weighted by Crippen LogP contribution is -2.19. The molecule has 0 unspecified atom stereocenters. The van der Waals surface area contributed by atoms with E-state index >= 15 is 0 Å². The molecule has 7 heteroatoms. The van der Waals surface area contributed by atoms with Crippen LogP contribution in [-0.4, -0.2) is 16.7 Å². The molecule has 0 saturated carbocycles. The summed E-state index contributed by atoms with van der Waals surface area (Å²) < 4.78 is 20.3. The van der Waals surface area contributed by atoms with Crippen LogP contribution in [-0.2, 0) is 6.54 Å². The van der Waals surface area contributed by atoms with Crippen LogP contribution in [0.3, 0.4) is 0 Å². The van der Waals surface area contributed by atoms with Gasteiger partial charge in [-0.1, -0.05) is 29.8 Å². The van der Waals surface area contributed by atoms with Gasteiger partial charge in [-0.05, 0) is 42.3 Å². The zero-order valence-electron chi connectivity index (χ0n) is 14.3. The van der Waals surface area contributed by atoms with Crippen LogP contribution in [0.1, 0.15) is 11.1 Å². The number of rotatable bonds is 5. The average molecular weight is 374 g/mol. The van der Waals surface area contributed by atoms with Gasteiger partial charge in [0.2, 0.25) is 11.7 Å². The molecule has 0 atom stereocenters. The van der Waals surface area contributed by atoms with E-state index in [-0.39, 0.29) is 11.6 Å². The van der Waals surface area contributed by atoms with Crippen molar-refractivity contribution in [2.24, 2.45) is 0 Å². The van der Waals surface area contributed by atoms with Crippen LogP contribution in [0.25, 0.3) is 0 Å². The van der Waals surface area contributed by atoms with Gasteiger partial charge in [0.15, 0.2) is 0 Å². The minimum Gasteiger partial charge on any atom is -0.490 e. The standard InChI is InChI=1S/C19H17ClFN3O2/c1-12-15(20)7-4-8-16(12)22-19-23-18(25)17(26-2)11-24(19)10-13-5-3-6-14(21)9-13/h3-9,11H,10H2,1-2H3,(H,22,23,25). The highest BCUT2D eigenvalue weighted by molar-refractivity contribution is 6.31. The van der Waals surface area contributed by atoms with E-state index in [0.717, 1.165) is 16.8 Å². The zero-order valence-corrected chi connectivity index (χ0v) is 15.0. The first-order valence-electron chi connectivity index (χ1n) is 7.90. The third-order valence-electron chi connectivity index (χ3n) is 3.94. The minimum absolute atomic E-state index is 0.106. The predicted molar refractivity (Wildman–Crippen MR) is 100 cm³/mol. The van der Waals surface area contributed by atoms with Gasteiger partial charge < -0.3 is 14.6 Å². The Hall–Kier alpha value is -2.86. The van der Waals surface area contributed by atoms with E-state index in [1.807, 2.05) is 13.0 Å². The molecule has 0 aliphatic carbocycles. The monoisotopic (exact) mass is 373 g/mol. The maximum Gasteiger partial charge on any atom is 0.316 e. The van der Waals surface area contributed by atoms with Crippen LogP contribution < -0.4 is 15.6 Å². The lowest BCUT2D eigenvalue weighted by atomic mass is 10.2. The number of hydrogen-bond donors (Lipinski definition) is 1. The van der Waals surface area contributed by atoms with Crippen LogP contribution >= 0.6 is 11.6 Å². The molecule has 2 aromatic carbocycles. The fourth-order valence-electron chi connectivity index (χ4n) is 2.53. The number of halogens is 2. The predicted octanol–water partition coefficient (Wildman–Crippen LogP) is 4.14. The van der Waals surface area contributed by atoms with Gasteiger partial charge in [-0.2, -0.15) is 4.98 Å². The van der Waals surface area contributed by atoms with Gasteiger partial charge >= 0.3 is 5.56 Å². The Kier molecular flexibility index (Phi) is 5.23. The molecule has 0 fully saturated rings. The molecule has 1 aromatic heterocycles. The number of aromatic nitrogens is 2. The van der Waals surface area contributed by atoms with Crippen molar-refractivity contribution in [3.05, 3.63) is 81.0 Å². The number of hydrogen-bond acceptors (Lipinski definition) is 4. The van der Waals surface area contributed by atoms with E-state index < -0.39 is 5.56 Å². The summed E-state index contributed by atoms with van der Waals surface area (Å²) in [5, 5.41) is 3.73. The zero-order chi connectivity index (χ0) is 18.7. The molecule has 0 spiro atoms. The Morgan fingerprint density at radius 1 is 1.27 bits per heavy atom. The maximum absolute atomic E-state index is 13.5. The van der Waals surface area contributed by atoms with Gasteiger partial charge in [-0.15, -0.1) is 0 Å². The highest BCUT2D eigenvalue weighted by Crippen LogP contribution is 2.26. The van der Waals surface area contributed by atoms with Gasteiger partial charge in [0.05, 0.1) is 19.9 Å². The third kappa shape index (κ3) is 3.86. The molecule has 26 heavy (non-hydrogen) atoms. The average Bonchev–Trinajstić information content (AvgIpc) is 2.61. The fourth-order valence-corrected chi connectivity index (χ4v) is 2.70. The molecule has 3 rings (SSSR count). The first kappa shape index (κ1) is 17.9. The SMILES string of the molecule is COc1cn(Cc2cccc(F)c2)c(Nc2cccc(Cl)c2C)nc1=O. The first-order chi connectivity index (χ1) is 12.5. The van der Waals surface area contributed by atoms with Crippen molar-refractivity contribution in [1.29, 1.82) is 0 Å². The second-order valence-corrected chi connectivity index (χ2v) is 6.14. The Bertz CT molecular complexity index is 1000. The van der Waals surface area contributed by atoms with E-state index in [9.17, 15) is 9.18 Å². The highest BCUT2D eigenvalue weighted by Gasteiger charge is 2.12. The van der Waals surface area contributed by atoms with E-state index in [4.69, 9.17) is 16.3 Å². The molecule has 0 aliphatic heterocycles. The van der Waals surface area contributed by atoms with Crippen LogP contribution in [0.15, 0.2) is 53.5 Å². The van der Waals surface area contributed by atoms with Gasteiger partial charge in [0.25, 0.3) is 0 Å². The molecule has 134 valence electrons. The van der Waals surface area contributed by atoms with E-state index in [0.29, 0.717) is 17.5 Å². The summed E-state index contributed by atoms with van der Waals surface area (Å²) in [6.45, 7) is 2.17. The van der Waals surface area contributed by atoms with Crippen LogP contribution in [0.4, 0.5) is 16.0 Å². The van der Waals surface area contributed by atoms with Crippen molar-refractivity contribution in [1.82, 2.24) is 9.55 Å². The smallest absolute Gasteiger partial charge is 0.316 e. The molecule has 5 nitrogen and oxygen atoms in total. The Morgan fingerprint density at radius 3 is 2.77 bits per heavy atom. The molecular weight excluding hydrogens is 357 g/mol. The van der Waals surface area contributed by atoms with Gasteiger partial charge in [-0.3, -0.25) is 4.79 Å². The molecule has 1 heterocycles. The largest absolute Gasteiger partial charge is 0.490 e. The third-order valence-corrected chi connectivity index (χ3v) is 4.35. The summed E-state index contributed by atoms with van der Waals surface area (Å²) in [6, 6.07) is 11.7. The lowest BCUT2D eigenvalue weighted by molar-refractivity contribution is 0.402. The summed E-state index contributed by atoms with van der Waals surface area (Å²) in [7, 11) is 1.40. The number of nitrogens with one attached hydrogen (secondary N) is 1. The Balaban J connectivity index is 2.04. The Morgan fingerprint density at radius 2 is 2.04 bits per heavy atom. The van der Waals surface area contributed by atoms with E-state index in [1.165, 1.54) is 19.2 Å². The van der Waals surface area contributed by atoms with E-state index in [1.54, 1.807) is 35.0 Å². The number of methoxy groups -OCH3 is 1. The molecular formula is C19H17ClFN3O2. The highest BCUT2D eigenvalue weighted by atomic mass is 35.5. The van der Waals surface area contributed by atoms with Gasteiger partial charge in [0, 0.05) is 10.7 Å². The molecule has 1 N–H and O–H groups in total. The maximum atomic E-state index is 13.5. The summed E-state index contributed by atoms with van der Waals surface area (Å²) in [5.41, 5.74) is 1.78. The van der Waals surface area contributed by atoms with Gasteiger partial charge in [0.1, 0.15) is 5.82 Å². The number of nitrogens with zero attached hydrogens (tertiary/aromatic N) is 2. The second kappa shape index (κ2) is 7.58. The van der Waals surface area contributed by atoms with Gasteiger partial charge in [-0.25, -0.2) is 4.39 Å².